The number of hydrogen-bond acceptors (Lipinski definition) is 3. The summed E-state index contributed by atoms with van der Waals surface area (Å²) in [5, 5.41) is 22.2. The third-order valence-corrected chi connectivity index (χ3v) is 3.27. The van der Waals surface area contributed by atoms with Crippen LogP contribution in [-0.2, 0) is 11.2 Å². The minimum Gasteiger partial charge on any atom is -0.396 e. The Morgan fingerprint density at radius 2 is 1.95 bits per heavy atom. The van der Waals surface area contributed by atoms with E-state index in [1.807, 2.05) is 12.1 Å². The number of aliphatic hydroxyl groups is 2. The van der Waals surface area contributed by atoms with Crippen molar-refractivity contribution in [3.05, 3.63) is 34.9 Å². The molecule has 4 nitrogen and oxygen atoms in total. The molecule has 0 aromatic heterocycles. The molecule has 0 aliphatic carbocycles. The highest BCUT2D eigenvalue weighted by Crippen LogP contribution is 2.19. The number of aliphatic hydroxyl groups excluding tert-OH is 2. The molecule has 0 spiro atoms. The summed E-state index contributed by atoms with van der Waals surface area (Å²) in [5.41, 5.74) is 0.213. The van der Waals surface area contributed by atoms with E-state index in [0.29, 0.717) is 18.0 Å². The first-order valence-corrected chi connectivity index (χ1v) is 6.55. The molecule has 1 aromatic rings. The van der Waals surface area contributed by atoms with Gasteiger partial charge in [-0.15, -0.1) is 0 Å². The van der Waals surface area contributed by atoms with Crippen molar-refractivity contribution in [2.24, 2.45) is 5.41 Å². The first-order chi connectivity index (χ1) is 8.86. The van der Waals surface area contributed by atoms with E-state index in [1.54, 1.807) is 26.0 Å². The summed E-state index contributed by atoms with van der Waals surface area (Å²) in [7, 11) is 0. The van der Waals surface area contributed by atoms with Gasteiger partial charge in [0.2, 0.25) is 5.91 Å². The van der Waals surface area contributed by atoms with Gasteiger partial charge in [0.05, 0.1) is 6.61 Å². The highest BCUT2D eigenvalue weighted by molar-refractivity contribution is 6.30. The quantitative estimate of drug-likeness (QED) is 0.739. The summed E-state index contributed by atoms with van der Waals surface area (Å²) in [5.74, 6) is -0.465. The molecule has 19 heavy (non-hydrogen) atoms. The lowest BCUT2D eigenvalue weighted by molar-refractivity contribution is -0.137. The highest BCUT2D eigenvalue weighted by Gasteiger charge is 2.32. The smallest absolute Gasteiger partial charge is 0.249 e. The second-order valence-corrected chi connectivity index (χ2v) is 5.65. The number of halogens is 1. The molecule has 0 saturated carbocycles. The van der Waals surface area contributed by atoms with Gasteiger partial charge in [0.1, 0.15) is 6.10 Å². The summed E-state index contributed by atoms with van der Waals surface area (Å²) in [6.45, 7) is 3.45. The van der Waals surface area contributed by atoms with E-state index in [4.69, 9.17) is 16.7 Å². The lowest BCUT2D eigenvalue weighted by Gasteiger charge is -2.27. The maximum absolute atomic E-state index is 11.7. The van der Waals surface area contributed by atoms with E-state index in [9.17, 15) is 9.90 Å². The minimum absolute atomic E-state index is 0.251. The second kappa shape index (κ2) is 6.89. The lowest BCUT2D eigenvalue weighted by Crippen LogP contribution is -2.46. The zero-order chi connectivity index (χ0) is 14.5. The van der Waals surface area contributed by atoms with E-state index in [1.165, 1.54) is 0 Å². The van der Waals surface area contributed by atoms with Crippen LogP contribution in [0.2, 0.25) is 5.02 Å². The Morgan fingerprint density at radius 3 is 2.47 bits per heavy atom. The Morgan fingerprint density at radius 1 is 1.37 bits per heavy atom. The Kier molecular flexibility index (Phi) is 5.79. The molecule has 1 aromatic carbocycles. The van der Waals surface area contributed by atoms with Crippen molar-refractivity contribution in [1.29, 1.82) is 0 Å². The van der Waals surface area contributed by atoms with Gasteiger partial charge in [0.15, 0.2) is 0 Å². The van der Waals surface area contributed by atoms with Gasteiger partial charge in [-0.3, -0.25) is 4.79 Å². The minimum atomic E-state index is -1.22. The molecule has 0 heterocycles. The predicted octanol–water partition coefficient (Wildman–Crippen LogP) is 1.38. The van der Waals surface area contributed by atoms with E-state index in [0.717, 1.165) is 5.56 Å². The molecule has 0 unspecified atom stereocenters. The first kappa shape index (κ1) is 16.0. The fourth-order valence-electron chi connectivity index (χ4n) is 1.52. The summed E-state index contributed by atoms with van der Waals surface area (Å²) >= 11 is 5.78. The van der Waals surface area contributed by atoms with Crippen molar-refractivity contribution in [3.63, 3.8) is 0 Å². The van der Waals surface area contributed by atoms with Crippen molar-refractivity contribution in [1.82, 2.24) is 5.32 Å². The maximum atomic E-state index is 11.7. The third-order valence-electron chi connectivity index (χ3n) is 3.02. The summed E-state index contributed by atoms with van der Waals surface area (Å²) in [4.78, 5) is 11.7. The first-order valence-electron chi connectivity index (χ1n) is 6.18. The van der Waals surface area contributed by atoms with Crippen molar-refractivity contribution >= 4 is 17.5 Å². The van der Waals surface area contributed by atoms with Crippen molar-refractivity contribution in [2.75, 3.05) is 13.2 Å². The monoisotopic (exact) mass is 285 g/mol. The van der Waals surface area contributed by atoms with E-state index in [-0.39, 0.29) is 6.61 Å². The van der Waals surface area contributed by atoms with E-state index < -0.39 is 17.4 Å². The SMILES string of the molecule is CC(C)(CO)[C@@H](O)C(=O)NCCc1ccc(Cl)cc1. The molecule has 0 radical (unpaired) electrons. The van der Waals surface area contributed by atoms with E-state index >= 15 is 0 Å². The molecule has 106 valence electrons. The van der Waals surface area contributed by atoms with Crippen molar-refractivity contribution in [3.8, 4) is 0 Å². The molecule has 0 aliphatic heterocycles. The van der Waals surface area contributed by atoms with Crippen LogP contribution in [0, 0.1) is 5.41 Å². The molecular weight excluding hydrogens is 266 g/mol. The molecule has 0 bridgehead atoms. The number of rotatable bonds is 6. The van der Waals surface area contributed by atoms with Crippen LogP contribution < -0.4 is 5.32 Å². The predicted molar refractivity (Wildman–Crippen MR) is 75.0 cm³/mol. The van der Waals surface area contributed by atoms with Gasteiger partial charge in [-0.05, 0) is 24.1 Å². The van der Waals surface area contributed by atoms with Crippen molar-refractivity contribution < 1.29 is 15.0 Å². The molecule has 0 aliphatic rings. The molecule has 1 rings (SSSR count). The Hall–Kier alpha value is -1.10. The third kappa shape index (κ3) is 4.82. The zero-order valence-corrected chi connectivity index (χ0v) is 11.9. The standard InChI is InChI=1S/C14H20ClNO3/c1-14(2,9-17)12(18)13(19)16-8-7-10-3-5-11(15)6-4-10/h3-6,12,17-18H,7-9H2,1-2H3,(H,16,19)/t12-/m0/s1. The Bertz CT molecular complexity index is 417. The number of carbonyl (C=O) groups is 1. The van der Waals surface area contributed by atoms with Crippen LogP contribution in [0.15, 0.2) is 24.3 Å². The summed E-state index contributed by atoms with van der Waals surface area (Å²) in [6, 6.07) is 7.37. The van der Waals surface area contributed by atoms with E-state index in [2.05, 4.69) is 5.32 Å². The number of hydrogen-bond donors (Lipinski definition) is 3. The summed E-state index contributed by atoms with van der Waals surface area (Å²) < 4.78 is 0. The molecule has 0 saturated heterocycles. The lowest BCUT2D eigenvalue weighted by atomic mass is 9.87. The van der Waals surface area contributed by atoms with Gasteiger partial charge in [-0.1, -0.05) is 37.6 Å². The van der Waals surface area contributed by atoms with Crippen LogP contribution in [0.1, 0.15) is 19.4 Å². The van der Waals surface area contributed by atoms with Gasteiger partial charge < -0.3 is 15.5 Å². The average molecular weight is 286 g/mol. The molecule has 0 fully saturated rings. The zero-order valence-electron chi connectivity index (χ0n) is 11.2. The Balaban J connectivity index is 2.41. The number of benzene rings is 1. The van der Waals surface area contributed by atoms with Crippen LogP contribution in [-0.4, -0.2) is 35.4 Å². The van der Waals surface area contributed by atoms with Crippen molar-refractivity contribution in [2.45, 2.75) is 26.4 Å². The van der Waals surface area contributed by atoms with Gasteiger partial charge in [-0.2, -0.15) is 0 Å². The highest BCUT2D eigenvalue weighted by atomic mass is 35.5. The van der Waals surface area contributed by atoms with Gasteiger partial charge in [0.25, 0.3) is 0 Å². The number of amides is 1. The van der Waals surface area contributed by atoms with Crippen LogP contribution in [0.5, 0.6) is 0 Å². The van der Waals surface area contributed by atoms with Gasteiger partial charge >= 0.3 is 0 Å². The normalized spacial score (nSPS) is 13.1. The molecule has 3 N–H and O–H groups in total. The number of carbonyl (C=O) groups excluding carboxylic acids is 1. The largest absolute Gasteiger partial charge is 0.396 e. The average Bonchev–Trinajstić information content (AvgIpc) is 2.40. The summed E-state index contributed by atoms with van der Waals surface area (Å²) in [6.07, 6.45) is -0.558. The molecule has 5 heteroatoms. The fourth-order valence-corrected chi connectivity index (χ4v) is 1.65. The molecular formula is C14H20ClNO3. The topological polar surface area (TPSA) is 69.6 Å². The van der Waals surface area contributed by atoms with Gasteiger partial charge in [0, 0.05) is 17.0 Å². The van der Waals surface area contributed by atoms with Crippen LogP contribution in [0.25, 0.3) is 0 Å². The number of nitrogens with one attached hydrogen (secondary N) is 1. The Labute approximate surface area is 118 Å². The maximum Gasteiger partial charge on any atom is 0.249 e. The fraction of sp³-hybridized carbons (Fsp3) is 0.500. The van der Waals surface area contributed by atoms with Crippen LogP contribution >= 0.6 is 11.6 Å². The molecule has 1 atom stereocenters. The van der Waals surface area contributed by atoms with Crippen LogP contribution in [0.3, 0.4) is 0 Å². The van der Waals surface area contributed by atoms with Crippen LogP contribution in [0.4, 0.5) is 0 Å². The van der Waals surface area contributed by atoms with Gasteiger partial charge in [-0.25, -0.2) is 0 Å². The second-order valence-electron chi connectivity index (χ2n) is 5.22. The molecule has 1 amide bonds.